The minimum Gasteiger partial charge on any atom is -0.444 e. The molecule has 3 rings (SSSR count). The van der Waals surface area contributed by atoms with E-state index < -0.39 is 17.7 Å². The number of ether oxygens (including phenoxy) is 1. The zero-order chi connectivity index (χ0) is 25.9. The maximum Gasteiger partial charge on any atom is 0.408 e. The summed E-state index contributed by atoms with van der Waals surface area (Å²) in [7, 11) is 0. The lowest BCUT2D eigenvalue weighted by atomic mass is 9.98. The molecule has 1 saturated carbocycles. The van der Waals surface area contributed by atoms with Crippen molar-refractivity contribution in [3.8, 4) is 0 Å². The Morgan fingerprint density at radius 3 is 2.11 bits per heavy atom. The van der Waals surface area contributed by atoms with Crippen LogP contribution in [0.2, 0.25) is 0 Å². The monoisotopic (exact) mass is 479 g/mol. The summed E-state index contributed by atoms with van der Waals surface area (Å²) >= 11 is 0. The fraction of sp³-hybridized carbons (Fsp3) is 0.464. The van der Waals surface area contributed by atoms with Crippen LogP contribution >= 0.6 is 0 Å². The number of nitrogens with zero attached hydrogens (tertiary/aromatic N) is 1. The van der Waals surface area contributed by atoms with Crippen molar-refractivity contribution in [1.29, 1.82) is 0 Å². The molecule has 7 nitrogen and oxygen atoms in total. The number of aryl methyl sites for hydroxylation is 3. The number of para-hydroxylation sites is 1. The number of rotatable bonds is 7. The minimum absolute atomic E-state index is 0.0868. The standard InChI is InChI=1S/C28H37N3O4/c1-17-11-8-9-14-21(17)25(26(33)30-24-18(2)12-10-13-19(24)3)31(22-15-20(22)4)23(32)16-29-27(34)35-28(5,6)7/h8-14,20,22,25H,15-16H2,1-7H3,(H,29,34)(H,30,33). The summed E-state index contributed by atoms with van der Waals surface area (Å²) in [5, 5.41) is 5.65. The summed E-state index contributed by atoms with van der Waals surface area (Å²) in [6.45, 7) is 12.9. The Hall–Kier alpha value is -3.35. The number of alkyl carbamates (subject to hydrolysis) is 1. The lowest BCUT2D eigenvalue weighted by Gasteiger charge is -2.33. The Morgan fingerprint density at radius 2 is 1.57 bits per heavy atom. The van der Waals surface area contributed by atoms with Gasteiger partial charge in [0.2, 0.25) is 5.91 Å². The van der Waals surface area contributed by atoms with Gasteiger partial charge in [-0.2, -0.15) is 0 Å². The molecule has 0 spiro atoms. The molecule has 0 aliphatic heterocycles. The average molecular weight is 480 g/mol. The van der Waals surface area contributed by atoms with Crippen molar-refractivity contribution in [2.75, 3.05) is 11.9 Å². The average Bonchev–Trinajstić information content (AvgIpc) is 3.48. The minimum atomic E-state index is -0.835. The molecule has 188 valence electrons. The topological polar surface area (TPSA) is 87.7 Å². The highest BCUT2D eigenvalue weighted by Crippen LogP contribution is 2.41. The number of nitrogens with one attached hydrogen (secondary N) is 2. The van der Waals surface area contributed by atoms with Crippen molar-refractivity contribution >= 4 is 23.6 Å². The molecule has 3 unspecified atom stereocenters. The van der Waals surface area contributed by atoms with Crippen molar-refractivity contribution in [3.05, 3.63) is 64.7 Å². The van der Waals surface area contributed by atoms with E-state index >= 15 is 0 Å². The maximum absolute atomic E-state index is 13.9. The van der Waals surface area contributed by atoms with Gasteiger partial charge >= 0.3 is 6.09 Å². The van der Waals surface area contributed by atoms with Crippen LogP contribution in [-0.2, 0) is 14.3 Å². The second-order valence-corrected chi connectivity index (χ2v) is 10.5. The molecule has 2 aromatic carbocycles. The molecule has 1 aliphatic carbocycles. The molecule has 7 heteroatoms. The lowest BCUT2D eigenvalue weighted by molar-refractivity contribution is -0.139. The largest absolute Gasteiger partial charge is 0.444 e. The highest BCUT2D eigenvalue weighted by Gasteiger charge is 2.46. The number of hydrogen-bond acceptors (Lipinski definition) is 4. The Balaban J connectivity index is 1.94. The molecule has 3 amide bonds. The van der Waals surface area contributed by atoms with Crippen molar-refractivity contribution in [2.24, 2.45) is 5.92 Å². The number of carbonyl (C=O) groups excluding carboxylic acids is 3. The molecular weight excluding hydrogens is 442 g/mol. The fourth-order valence-corrected chi connectivity index (χ4v) is 4.28. The molecular formula is C28H37N3O4. The second kappa shape index (κ2) is 10.5. The van der Waals surface area contributed by atoms with Gasteiger partial charge in [-0.3, -0.25) is 9.59 Å². The summed E-state index contributed by atoms with van der Waals surface area (Å²) in [4.78, 5) is 41.2. The first-order valence-electron chi connectivity index (χ1n) is 12.1. The van der Waals surface area contributed by atoms with Gasteiger partial charge < -0.3 is 20.3 Å². The zero-order valence-electron chi connectivity index (χ0n) is 21.8. The zero-order valence-corrected chi connectivity index (χ0v) is 21.8. The first-order valence-corrected chi connectivity index (χ1v) is 12.1. The highest BCUT2D eigenvalue weighted by molar-refractivity contribution is 5.99. The summed E-state index contributed by atoms with van der Waals surface area (Å²) in [6.07, 6.45) is 0.138. The quantitative estimate of drug-likeness (QED) is 0.582. The van der Waals surface area contributed by atoms with Crippen LogP contribution in [0.25, 0.3) is 0 Å². The molecule has 0 saturated heterocycles. The van der Waals surface area contributed by atoms with E-state index in [1.54, 1.807) is 25.7 Å². The first kappa shape index (κ1) is 26.3. The third kappa shape index (κ3) is 6.62. The van der Waals surface area contributed by atoms with Gasteiger partial charge in [-0.25, -0.2) is 4.79 Å². The van der Waals surface area contributed by atoms with Gasteiger partial charge in [-0.05, 0) is 76.1 Å². The number of carbonyl (C=O) groups is 3. The van der Waals surface area contributed by atoms with Crippen LogP contribution in [0.4, 0.5) is 10.5 Å². The predicted octanol–water partition coefficient (Wildman–Crippen LogP) is 5.05. The van der Waals surface area contributed by atoms with Gasteiger partial charge in [-0.1, -0.05) is 49.4 Å². The molecule has 0 radical (unpaired) electrons. The lowest BCUT2D eigenvalue weighted by Crippen LogP contribution is -2.48. The van der Waals surface area contributed by atoms with E-state index in [-0.39, 0.29) is 30.3 Å². The highest BCUT2D eigenvalue weighted by atomic mass is 16.6. The van der Waals surface area contributed by atoms with Gasteiger partial charge in [0, 0.05) is 11.7 Å². The Morgan fingerprint density at radius 1 is 1.00 bits per heavy atom. The predicted molar refractivity (Wildman–Crippen MR) is 137 cm³/mol. The smallest absolute Gasteiger partial charge is 0.408 e. The number of amides is 3. The van der Waals surface area contributed by atoms with E-state index in [9.17, 15) is 14.4 Å². The molecule has 0 aromatic heterocycles. The van der Waals surface area contributed by atoms with E-state index in [0.29, 0.717) is 0 Å². The van der Waals surface area contributed by atoms with Gasteiger partial charge in [0.15, 0.2) is 0 Å². The molecule has 2 N–H and O–H groups in total. The van der Waals surface area contributed by atoms with Crippen molar-refractivity contribution in [1.82, 2.24) is 10.2 Å². The molecule has 35 heavy (non-hydrogen) atoms. The Kier molecular flexibility index (Phi) is 7.88. The van der Waals surface area contributed by atoms with E-state index in [4.69, 9.17) is 4.74 Å². The van der Waals surface area contributed by atoms with Crippen molar-refractivity contribution in [2.45, 2.75) is 72.6 Å². The SMILES string of the molecule is Cc1ccccc1C(C(=O)Nc1c(C)cccc1C)N(C(=O)CNC(=O)OC(C)(C)C)C1CC1C. The molecule has 1 fully saturated rings. The van der Waals surface area contributed by atoms with Crippen LogP contribution in [-0.4, -0.2) is 41.0 Å². The number of hydrogen-bond donors (Lipinski definition) is 2. The molecule has 1 aliphatic rings. The Bertz CT molecular complexity index is 1090. The molecule has 0 bridgehead atoms. The molecule has 3 atom stereocenters. The summed E-state index contributed by atoms with van der Waals surface area (Å²) in [6, 6.07) is 12.5. The van der Waals surface area contributed by atoms with Gasteiger partial charge in [-0.15, -0.1) is 0 Å². The van der Waals surface area contributed by atoms with Crippen LogP contribution in [0.1, 0.15) is 62.4 Å². The van der Waals surface area contributed by atoms with Crippen LogP contribution in [0.5, 0.6) is 0 Å². The van der Waals surface area contributed by atoms with Crippen molar-refractivity contribution < 1.29 is 19.1 Å². The van der Waals surface area contributed by atoms with Gasteiger partial charge in [0.25, 0.3) is 5.91 Å². The van der Waals surface area contributed by atoms with Crippen LogP contribution in [0, 0.1) is 26.7 Å². The first-order chi connectivity index (χ1) is 16.4. The summed E-state index contributed by atoms with van der Waals surface area (Å²) < 4.78 is 5.28. The summed E-state index contributed by atoms with van der Waals surface area (Å²) in [5.41, 5.74) is 3.66. The van der Waals surface area contributed by atoms with Gasteiger partial charge in [0.1, 0.15) is 18.2 Å². The molecule has 0 heterocycles. The van der Waals surface area contributed by atoms with Gasteiger partial charge in [0.05, 0.1) is 0 Å². The van der Waals surface area contributed by atoms with Crippen molar-refractivity contribution in [3.63, 3.8) is 0 Å². The number of anilines is 1. The maximum atomic E-state index is 13.9. The van der Waals surface area contributed by atoms with E-state index in [0.717, 1.165) is 34.4 Å². The normalized spacial score (nSPS) is 17.8. The van der Waals surface area contributed by atoms with Crippen LogP contribution in [0.15, 0.2) is 42.5 Å². The molecule has 2 aromatic rings. The van der Waals surface area contributed by atoms with Crippen LogP contribution < -0.4 is 10.6 Å². The second-order valence-electron chi connectivity index (χ2n) is 10.5. The van der Waals surface area contributed by atoms with E-state index in [1.807, 2.05) is 63.2 Å². The van der Waals surface area contributed by atoms with E-state index in [2.05, 4.69) is 17.6 Å². The third-order valence-electron chi connectivity index (χ3n) is 6.23. The number of benzene rings is 2. The third-order valence-corrected chi connectivity index (χ3v) is 6.23. The fourth-order valence-electron chi connectivity index (χ4n) is 4.28. The Labute approximate surface area is 208 Å². The van der Waals surface area contributed by atoms with Crippen LogP contribution in [0.3, 0.4) is 0 Å². The van der Waals surface area contributed by atoms with E-state index in [1.165, 1.54) is 0 Å². The summed E-state index contributed by atoms with van der Waals surface area (Å²) in [5.74, 6) is -0.337.